The highest BCUT2D eigenvalue weighted by Gasteiger charge is 2.18. The highest BCUT2D eigenvalue weighted by molar-refractivity contribution is 6.30. The molecule has 1 unspecified atom stereocenters. The van der Waals surface area contributed by atoms with E-state index in [9.17, 15) is 4.39 Å². The first-order chi connectivity index (χ1) is 10.2. The summed E-state index contributed by atoms with van der Waals surface area (Å²) >= 11 is 5.94. The SMILES string of the molecule is CCNC(c1ccc(F)c(Cl)c1)c1ccc2c(c1)CCC2. The van der Waals surface area contributed by atoms with Gasteiger partial charge in [0.15, 0.2) is 0 Å². The average Bonchev–Trinajstić information content (AvgIpc) is 2.95. The zero-order valence-corrected chi connectivity index (χ0v) is 12.9. The summed E-state index contributed by atoms with van der Waals surface area (Å²) < 4.78 is 13.4. The zero-order valence-electron chi connectivity index (χ0n) is 12.1. The molecule has 0 aromatic heterocycles. The molecule has 110 valence electrons. The van der Waals surface area contributed by atoms with Crippen molar-refractivity contribution in [2.24, 2.45) is 0 Å². The van der Waals surface area contributed by atoms with Crippen molar-refractivity contribution in [3.8, 4) is 0 Å². The van der Waals surface area contributed by atoms with Crippen LogP contribution in [-0.2, 0) is 12.8 Å². The monoisotopic (exact) mass is 303 g/mol. The third-order valence-corrected chi connectivity index (χ3v) is 4.43. The molecule has 21 heavy (non-hydrogen) atoms. The maximum absolute atomic E-state index is 13.4. The van der Waals surface area contributed by atoms with Crippen molar-refractivity contribution >= 4 is 11.6 Å². The van der Waals surface area contributed by atoms with Gasteiger partial charge in [0, 0.05) is 0 Å². The van der Waals surface area contributed by atoms with Gasteiger partial charge in [-0.3, -0.25) is 0 Å². The second kappa shape index (κ2) is 6.17. The van der Waals surface area contributed by atoms with Crippen LogP contribution in [0.1, 0.15) is 41.6 Å². The summed E-state index contributed by atoms with van der Waals surface area (Å²) in [6.45, 7) is 2.92. The second-order valence-electron chi connectivity index (χ2n) is 5.55. The third-order valence-electron chi connectivity index (χ3n) is 4.14. The summed E-state index contributed by atoms with van der Waals surface area (Å²) in [5, 5.41) is 3.65. The Labute approximate surface area is 130 Å². The highest BCUT2D eigenvalue weighted by atomic mass is 35.5. The van der Waals surface area contributed by atoms with E-state index in [4.69, 9.17) is 11.6 Å². The van der Waals surface area contributed by atoms with Gasteiger partial charge >= 0.3 is 0 Å². The predicted molar refractivity (Wildman–Crippen MR) is 85.4 cm³/mol. The van der Waals surface area contributed by atoms with E-state index in [-0.39, 0.29) is 16.9 Å². The molecule has 0 heterocycles. The molecule has 0 bridgehead atoms. The van der Waals surface area contributed by atoms with Gasteiger partial charge in [0.1, 0.15) is 5.82 Å². The summed E-state index contributed by atoms with van der Waals surface area (Å²) in [7, 11) is 0. The second-order valence-corrected chi connectivity index (χ2v) is 5.95. The Kier molecular flexibility index (Phi) is 4.27. The lowest BCUT2D eigenvalue weighted by Gasteiger charge is -2.20. The van der Waals surface area contributed by atoms with Crippen molar-refractivity contribution in [3.63, 3.8) is 0 Å². The fourth-order valence-corrected chi connectivity index (χ4v) is 3.28. The van der Waals surface area contributed by atoms with Gasteiger partial charge in [-0.2, -0.15) is 0 Å². The maximum atomic E-state index is 13.4. The first-order valence-corrected chi connectivity index (χ1v) is 7.87. The minimum atomic E-state index is -0.371. The molecule has 0 spiro atoms. The van der Waals surface area contributed by atoms with Crippen LogP contribution in [0.4, 0.5) is 4.39 Å². The number of rotatable bonds is 4. The summed E-state index contributed by atoms with van der Waals surface area (Å²) in [5.41, 5.74) is 5.14. The minimum Gasteiger partial charge on any atom is -0.307 e. The molecule has 0 amide bonds. The molecule has 1 aliphatic rings. The van der Waals surface area contributed by atoms with Crippen molar-refractivity contribution in [1.29, 1.82) is 0 Å². The molecule has 0 saturated heterocycles. The quantitative estimate of drug-likeness (QED) is 0.865. The molecule has 2 aromatic rings. The minimum absolute atomic E-state index is 0.0546. The van der Waals surface area contributed by atoms with E-state index >= 15 is 0 Å². The molecule has 0 saturated carbocycles. The Morgan fingerprint density at radius 1 is 1.10 bits per heavy atom. The smallest absolute Gasteiger partial charge is 0.141 e. The van der Waals surface area contributed by atoms with Crippen LogP contribution in [0.15, 0.2) is 36.4 Å². The zero-order chi connectivity index (χ0) is 14.8. The fraction of sp³-hybridized carbons (Fsp3) is 0.333. The largest absolute Gasteiger partial charge is 0.307 e. The van der Waals surface area contributed by atoms with Crippen LogP contribution in [0.3, 0.4) is 0 Å². The number of aryl methyl sites for hydroxylation is 2. The van der Waals surface area contributed by atoms with Gasteiger partial charge in [-0.05, 0) is 60.2 Å². The van der Waals surface area contributed by atoms with Crippen molar-refractivity contribution in [1.82, 2.24) is 5.32 Å². The van der Waals surface area contributed by atoms with Crippen molar-refractivity contribution in [2.45, 2.75) is 32.2 Å². The average molecular weight is 304 g/mol. The standard InChI is InChI=1S/C18H19ClFN/c1-2-21-18(15-8-9-17(20)16(19)11-15)14-7-6-12-4-3-5-13(12)10-14/h6-11,18,21H,2-5H2,1H3. The molecule has 0 aliphatic heterocycles. The Bertz CT molecular complexity index is 654. The van der Waals surface area contributed by atoms with E-state index in [1.807, 2.05) is 6.07 Å². The normalized spacial score (nSPS) is 15.0. The fourth-order valence-electron chi connectivity index (χ4n) is 3.10. The molecule has 0 radical (unpaired) electrons. The number of benzene rings is 2. The lowest BCUT2D eigenvalue weighted by atomic mass is 9.95. The van der Waals surface area contributed by atoms with Gasteiger partial charge in [0.2, 0.25) is 0 Å². The Morgan fingerprint density at radius 2 is 1.81 bits per heavy atom. The number of halogens is 2. The number of fused-ring (bicyclic) bond motifs is 1. The van der Waals surface area contributed by atoms with E-state index in [0.29, 0.717) is 0 Å². The molecule has 3 rings (SSSR count). The number of hydrogen-bond acceptors (Lipinski definition) is 1. The first-order valence-electron chi connectivity index (χ1n) is 7.49. The van der Waals surface area contributed by atoms with Crippen LogP contribution < -0.4 is 5.32 Å². The van der Waals surface area contributed by atoms with Crippen molar-refractivity contribution < 1.29 is 4.39 Å². The van der Waals surface area contributed by atoms with E-state index in [1.54, 1.807) is 6.07 Å². The van der Waals surface area contributed by atoms with Gasteiger partial charge in [-0.1, -0.05) is 42.8 Å². The summed E-state index contributed by atoms with van der Waals surface area (Å²) in [4.78, 5) is 0. The van der Waals surface area contributed by atoms with Gasteiger partial charge < -0.3 is 5.32 Å². The van der Waals surface area contributed by atoms with E-state index in [1.165, 1.54) is 35.6 Å². The molecule has 2 aromatic carbocycles. The van der Waals surface area contributed by atoms with Gasteiger partial charge in [0.25, 0.3) is 0 Å². The van der Waals surface area contributed by atoms with E-state index in [2.05, 4.69) is 30.4 Å². The lowest BCUT2D eigenvalue weighted by Crippen LogP contribution is -2.22. The molecule has 0 fully saturated rings. The molecule has 1 aliphatic carbocycles. The van der Waals surface area contributed by atoms with Gasteiger partial charge in [0.05, 0.1) is 11.1 Å². The Balaban J connectivity index is 1.99. The number of hydrogen-bond donors (Lipinski definition) is 1. The highest BCUT2D eigenvalue weighted by Crippen LogP contribution is 2.30. The van der Waals surface area contributed by atoms with Crippen LogP contribution >= 0.6 is 11.6 Å². The van der Waals surface area contributed by atoms with Crippen LogP contribution in [0, 0.1) is 5.82 Å². The number of nitrogens with one attached hydrogen (secondary N) is 1. The Hall–Kier alpha value is -1.38. The van der Waals surface area contributed by atoms with Crippen molar-refractivity contribution in [2.75, 3.05) is 6.54 Å². The van der Waals surface area contributed by atoms with Crippen LogP contribution in [-0.4, -0.2) is 6.54 Å². The lowest BCUT2D eigenvalue weighted by molar-refractivity contribution is 0.613. The van der Waals surface area contributed by atoms with E-state index < -0.39 is 0 Å². The van der Waals surface area contributed by atoms with E-state index in [0.717, 1.165) is 18.5 Å². The molecular weight excluding hydrogens is 285 g/mol. The third kappa shape index (κ3) is 2.97. The topological polar surface area (TPSA) is 12.0 Å². The first kappa shape index (κ1) is 14.6. The Morgan fingerprint density at radius 3 is 2.57 bits per heavy atom. The maximum Gasteiger partial charge on any atom is 0.141 e. The van der Waals surface area contributed by atoms with Crippen LogP contribution in [0.2, 0.25) is 5.02 Å². The van der Waals surface area contributed by atoms with Gasteiger partial charge in [-0.25, -0.2) is 4.39 Å². The summed E-state index contributed by atoms with van der Waals surface area (Å²) in [5.74, 6) is -0.371. The molecule has 3 heteroatoms. The van der Waals surface area contributed by atoms with Crippen LogP contribution in [0.25, 0.3) is 0 Å². The predicted octanol–water partition coefficient (Wildman–Crippen LogP) is 4.67. The van der Waals surface area contributed by atoms with Gasteiger partial charge in [-0.15, -0.1) is 0 Å². The molecular formula is C18H19ClFN. The van der Waals surface area contributed by atoms with Crippen LogP contribution in [0.5, 0.6) is 0 Å². The molecule has 1 atom stereocenters. The van der Waals surface area contributed by atoms with Crippen molar-refractivity contribution in [3.05, 3.63) is 69.5 Å². The summed E-state index contributed by atoms with van der Waals surface area (Å²) in [6, 6.07) is 11.7. The molecule has 1 N–H and O–H groups in total. The summed E-state index contributed by atoms with van der Waals surface area (Å²) in [6.07, 6.45) is 3.59. The molecule has 1 nitrogen and oxygen atoms in total.